The molecule has 0 spiro atoms. The van der Waals surface area contributed by atoms with Gasteiger partial charge in [0, 0.05) is 12.6 Å². The van der Waals surface area contributed by atoms with Crippen molar-refractivity contribution < 1.29 is 4.74 Å². The highest BCUT2D eigenvalue weighted by Gasteiger charge is 2.36. The first-order chi connectivity index (χ1) is 8.76. The second-order valence-corrected chi connectivity index (χ2v) is 5.28. The van der Waals surface area contributed by atoms with Gasteiger partial charge in [0.2, 0.25) is 0 Å². The standard InChI is InChI=1S/C16H25NO/c1-4-18-16(13-9-10-13)15(17-3)11-14-8-6-5-7-12(14)2/h5-8,13,15-17H,4,9-11H2,1-3H3. The van der Waals surface area contributed by atoms with E-state index in [9.17, 15) is 0 Å². The Bertz CT molecular complexity index is 373. The molecule has 2 rings (SSSR count). The van der Waals surface area contributed by atoms with Gasteiger partial charge in [-0.2, -0.15) is 0 Å². The second-order valence-electron chi connectivity index (χ2n) is 5.28. The van der Waals surface area contributed by atoms with Gasteiger partial charge >= 0.3 is 0 Å². The van der Waals surface area contributed by atoms with Crippen molar-refractivity contribution in [2.24, 2.45) is 5.92 Å². The highest BCUT2D eigenvalue weighted by molar-refractivity contribution is 5.26. The molecule has 1 aliphatic carbocycles. The summed E-state index contributed by atoms with van der Waals surface area (Å²) < 4.78 is 5.97. The molecule has 0 heterocycles. The highest BCUT2D eigenvalue weighted by Crippen LogP contribution is 2.36. The normalized spacial score (nSPS) is 18.6. The van der Waals surface area contributed by atoms with Gasteiger partial charge in [-0.05, 0) is 57.2 Å². The Labute approximate surface area is 111 Å². The molecule has 0 saturated heterocycles. The average Bonchev–Trinajstić information content (AvgIpc) is 3.20. The third-order valence-corrected chi connectivity index (χ3v) is 3.91. The fourth-order valence-electron chi connectivity index (χ4n) is 2.66. The van der Waals surface area contributed by atoms with Gasteiger partial charge in [-0.1, -0.05) is 24.3 Å². The summed E-state index contributed by atoms with van der Waals surface area (Å²) in [5.74, 6) is 0.770. The smallest absolute Gasteiger partial charge is 0.0759 e. The Morgan fingerprint density at radius 3 is 2.61 bits per heavy atom. The van der Waals surface area contributed by atoms with Gasteiger partial charge in [0.1, 0.15) is 0 Å². The van der Waals surface area contributed by atoms with Crippen molar-refractivity contribution in [3.8, 4) is 0 Å². The number of benzene rings is 1. The van der Waals surface area contributed by atoms with Gasteiger partial charge in [0.05, 0.1) is 6.10 Å². The average molecular weight is 247 g/mol. The van der Waals surface area contributed by atoms with E-state index in [1.54, 1.807) is 0 Å². The molecule has 0 aromatic heterocycles. The highest BCUT2D eigenvalue weighted by atomic mass is 16.5. The molecular weight excluding hydrogens is 222 g/mol. The molecule has 18 heavy (non-hydrogen) atoms. The number of nitrogens with one attached hydrogen (secondary N) is 1. The monoisotopic (exact) mass is 247 g/mol. The van der Waals surface area contributed by atoms with Crippen LogP contribution in [-0.4, -0.2) is 25.8 Å². The third-order valence-electron chi connectivity index (χ3n) is 3.91. The maximum absolute atomic E-state index is 5.97. The van der Waals surface area contributed by atoms with Crippen LogP contribution in [0.3, 0.4) is 0 Å². The molecule has 2 heteroatoms. The van der Waals surface area contributed by atoms with Gasteiger partial charge < -0.3 is 10.1 Å². The van der Waals surface area contributed by atoms with Crippen molar-refractivity contribution in [1.29, 1.82) is 0 Å². The van der Waals surface area contributed by atoms with Gasteiger partial charge in [-0.15, -0.1) is 0 Å². The first-order valence-electron chi connectivity index (χ1n) is 7.09. The number of hydrogen-bond donors (Lipinski definition) is 1. The summed E-state index contributed by atoms with van der Waals surface area (Å²) in [5.41, 5.74) is 2.81. The van der Waals surface area contributed by atoms with E-state index in [0.717, 1.165) is 18.9 Å². The van der Waals surface area contributed by atoms with E-state index in [-0.39, 0.29) is 0 Å². The summed E-state index contributed by atoms with van der Waals surface area (Å²) >= 11 is 0. The molecule has 0 bridgehead atoms. The Morgan fingerprint density at radius 2 is 2.06 bits per heavy atom. The van der Waals surface area contributed by atoms with Crippen molar-refractivity contribution in [1.82, 2.24) is 5.32 Å². The topological polar surface area (TPSA) is 21.3 Å². The van der Waals surface area contributed by atoms with E-state index in [1.807, 2.05) is 0 Å². The fourth-order valence-corrected chi connectivity index (χ4v) is 2.66. The molecule has 1 N–H and O–H groups in total. The van der Waals surface area contributed by atoms with Gasteiger partial charge in [0.25, 0.3) is 0 Å². The summed E-state index contributed by atoms with van der Waals surface area (Å²) in [6.07, 6.45) is 4.09. The van der Waals surface area contributed by atoms with Crippen LogP contribution in [0, 0.1) is 12.8 Å². The molecule has 1 aliphatic rings. The van der Waals surface area contributed by atoms with Crippen molar-refractivity contribution in [3.63, 3.8) is 0 Å². The Morgan fingerprint density at radius 1 is 1.33 bits per heavy atom. The van der Waals surface area contributed by atoms with Crippen LogP contribution < -0.4 is 5.32 Å². The van der Waals surface area contributed by atoms with E-state index < -0.39 is 0 Å². The zero-order valence-corrected chi connectivity index (χ0v) is 11.8. The van der Waals surface area contributed by atoms with Gasteiger partial charge in [-0.25, -0.2) is 0 Å². The fraction of sp³-hybridized carbons (Fsp3) is 0.625. The minimum atomic E-state index is 0.375. The number of ether oxygens (including phenoxy) is 1. The summed E-state index contributed by atoms with van der Waals surface area (Å²) in [7, 11) is 2.05. The first-order valence-corrected chi connectivity index (χ1v) is 7.09. The Kier molecular flexibility index (Phi) is 4.79. The molecule has 0 aliphatic heterocycles. The van der Waals surface area contributed by atoms with Crippen molar-refractivity contribution in [2.75, 3.05) is 13.7 Å². The molecule has 1 saturated carbocycles. The predicted molar refractivity (Wildman–Crippen MR) is 75.9 cm³/mol. The van der Waals surface area contributed by atoms with Gasteiger partial charge in [0.15, 0.2) is 0 Å². The van der Waals surface area contributed by atoms with Crippen LogP contribution in [0.15, 0.2) is 24.3 Å². The zero-order chi connectivity index (χ0) is 13.0. The first kappa shape index (κ1) is 13.6. The maximum atomic E-state index is 5.97. The van der Waals surface area contributed by atoms with E-state index in [0.29, 0.717) is 12.1 Å². The summed E-state index contributed by atoms with van der Waals surface area (Å²) in [6, 6.07) is 9.08. The molecule has 1 fully saturated rings. The molecule has 1 aromatic rings. The van der Waals surface area contributed by atoms with Crippen LogP contribution in [0.25, 0.3) is 0 Å². The lowest BCUT2D eigenvalue weighted by molar-refractivity contribution is 0.0210. The molecule has 2 nitrogen and oxygen atoms in total. The Balaban J connectivity index is 2.05. The third kappa shape index (κ3) is 3.33. The van der Waals surface area contributed by atoms with Crippen molar-refractivity contribution >= 4 is 0 Å². The number of aryl methyl sites for hydroxylation is 1. The van der Waals surface area contributed by atoms with E-state index in [4.69, 9.17) is 4.74 Å². The lowest BCUT2D eigenvalue weighted by Gasteiger charge is -2.27. The summed E-state index contributed by atoms with van der Waals surface area (Å²) in [4.78, 5) is 0. The number of hydrogen-bond acceptors (Lipinski definition) is 2. The van der Waals surface area contributed by atoms with Crippen LogP contribution in [0.4, 0.5) is 0 Å². The Hall–Kier alpha value is -0.860. The second kappa shape index (κ2) is 6.35. The number of rotatable bonds is 7. The van der Waals surface area contributed by atoms with Crippen LogP contribution >= 0.6 is 0 Å². The zero-order valence-electron chi connectivity index (χ0n) is 11.8. The molecule has 0 amide bonds. The van der Waals surface area contributed by atoms with E-state index >= 15 is 0 Å². The molecule has 2 unspecified atom stereocenters. The van der Waals surface area contributed by atoms with Crippen molar-refractivity contribution in [2.45, 2.75) is 45.3 Å². The van der Waals surface area contributed by atoms with Crippen LogP contribution in [0.2, 0.25) is 0 Å². The maximum Gasteiger partial charge on any atom is 0.0759 e. The lowest BCUT2D eigenvalue weighted by atomic mass is 9.95. The molecule has 2 atom stereocenters. The molecule has 100 valence electrons. The van der Waals surface area contributed by atoms with E-state index in [2.05, 4.69) is 50.5 Å². The minimum absolute atomic E-state index is 0.375. The molecule has 0 radical (unpaired) electrons. The quantitative estimate of drug-likeness (QED) is 0.800. The lowest BCUT2D eigenvalue weighted by Crippen LogP contribution is -2.42. The van der Waals surface area contributed by atoms with Gasteiger partial charge in [-0.3, -0.25) is 0 Å². The number of likely N-dealkylation sites (N-methyl/N-ethyl adjacent to an activating group) is 1. The predicted octanol–water partition coefficient (Wildman–Crippen LogP) is 2.94. The van der Waals surface area contributed by atoms with E-state index in [1.165, 1.54) is 24.0 Å². The molecular formula is C16H25NO. The minimum Gasteiger partial charge on any atom is -0.377 e. The van der Waals surface area contributed by atoms with Crippen LogP contribution in [-0.2, 0) is 11.2 Å². The van der Waals surface area contributed by atoms with Crippen molar-refractivity contribution in [3.05, 3.63) is 35.4 Å². The van der Waals surface area contributed by atoms with Crippen LogP contribution in [0.5, 0.6) is 0 Å². The summed E-state index contributed by atoms with van der Waals surface area (Å²) in [5, 5.41) is 3.46. The molecule has 1 aromatic carbocycles. The largest absolute Gasteiger partial charge is 0.377 e. The SMILES string of the molecule is CCOC(C1CC1)C(Cc1ccccc1C)NC. The van der Waals surface area contributed by atoms with Crippen LogP contribution in [0.1, 0.15) is 30.9 Å². The summed E-state index contributed by atoms with van der Waals surface area (Å²) in [6.45, 7) is 5.10.